The number of rotatable bonds is 4. The van der Waals surface area contributed by atoms with Crippen molar-refractivity contribution in [3.63, 3.8) is 0 Å². The Labute approximate surface area is 131 Å². The van der Waals surface area contributed by atoms with Crippen molar-refractivity contribution in [2.24, 2.45) is 0 Å². The first kappa shape index (κ1) is 14.6. The molecule has 1 aliphatic rings. The summed E-state index contributed by atoms with van der Waals surface area (Å²) in [5, 5.41) is 3.36. The molecule has 1 unspecified atom stereocenters. The first-order chi connectivity index (χ1) is 10.7. The molecule has 0 saturated heterocycles. The Bertz CT molecular complexity index is 655. The van der Waals surface area contributed by atoms with Crippen LogP contribution < -0.4 is 16.0 Å². The Kier molecular flexibility index (Phi) is 4.13. The summed E-state index contributed by atoms with van der Waals surface area (Å²) in [5.74, 6) is 1.56. The number of nitrogens with two attached hydrogens (primary N) is 1. The van der Waals surface area contributed by atoms with Gasteiger partial charge in [0, 0.05) is 19.1 Å². The van der Waals surface area contributed by atoms with Crippen molar-refractivity contribution in [3.8, 4) is 0 Å². The molecule has 1 aromatic carbocycles. The maximum atomic E-state index is 6.31. The molecule has 5 nitrogen and oxygen atoms in total. The van der Waals surface area contributed by atoms with Gasteiger partial charge in [0.05, 0.1) is 0 Å². The Morgan fingerprint density at radius 3 is 2.82 bits per heavy atom. The summed E-state index contributed by atoms with van der Waals surface area (Å²) in [6, 6.07) is 8.90. The molecule has 5 heteroatoms. The van der Waals surface area contributed by atoms with Crippen molar-refractivity contribution in [2.75, 3.05) is 22.5 Å². The quantitative estimate of drug-likeness (QED) is 0.908. The topological polar surface area (TPSA) is 67.1 Å². The van der Waals surface area contributed by atoms with E-state index in [9.17, 15) is 0 Å². The van der Waals surface area contributed by atoms with Gasteiger partial charge in [0.25, 0.3) is 0 Å². The van der Waals surface area contributed by atoms with Crippen molar-refractivity contribution in [2.45, 2.75) is 39.3 Å². The summed E-state index contributed by atoms with van der Waals surface area (Å²) in [7, 11) is 0. The third-order valence-electron chi connectivity index (χ3n) is 4.29. The van der Waals surface area contributed by atoms with Gasteiger partial charge < -0.3 is 16.0 Å². The van der Waals surface area contributed by atoms with Gasteiger partial charge in [-0.25, -0.2) is 9.97 Å². The second kappa shape index (κ2) is 6.22. The molecule has 116 valence electrons. The highest BCUT2D eigenvalue weighted by Crippen LogP contribution is 2.30. The summed E-state index contributed by atoms with van der Waals surface area (Å²) in [4.78, 5) is 10.9. The van der Waals surface area contributed by atoms with Crippen LogP contribution in [0.3, 0.4) is 0 Å². The highest BCUT2D eigenvalue weighted by Gasteiger charge is 2.20. The molecule has 0 saturated carbocycles. The van der Waals surface area contributed by atoms with E-state index in [1.807, 2.05) is 0 Å². The lowest BCUT2D eigenvalue weighted by Gasteiger charge is -2.31. The van der Waals surface area contributed by atoms with Gasteiger partial charge in [-0.05, 0) is 30.9 Å². The van der Waals surface area contributed by atoms with Gasteiger partial charge in [-0.1, -0.05) is 31.2 Å². The first-order valence-corrected chi connectivity index (χ1v) is 7.87. The summed E-state index contributed by atoms with van der Waals surface area (Å²) in [5.41, 5.74) is 9.72. The third kappa shape index (κ3) is 2.84. The molecular weight excluding hydrogens is 274 g/mol. The lowest BCUT2D eigenvalue weighted by atomic mass is 10.00. The highest BCUT2D eigenvalue weighted by molar-refractivity contribution is 5.75. The second-order valence-corrected chi connectivity index (χ2v) is 5.85. The minimum Gasteiger partial charge on any atom is -0.393 e. The van der Waals surface area contributed by atoms with Crippen molar-refractivity contribution in [3.05, 3.63) is 41.7 Å². The maximum Gasteiger partial charge on any atom is 0.157 e. The summed E-state index contributed by atoms with van der Waals surface area (Å²) >= 11 is 0. The molecule has 2 heterocycles. The first-order valence-electron chi connectivity index (χ1n) is 7.87. The largest absolute Gasteiger partial charge is 0.393 e. The Morgan fingerprint density at radius 2 is 2.05 bits per heavy atom. The van der Waals surface area contributed by atoms with E-state index in [0.717, 1.165) is 37.6 Å². The van der Waals surface area contributed by atoms with Gasteiger partial charge in [0.2, 0.25) is 0 Å². The molecule has 3 rings (SSSR count). The lowest BCUT2D eigenvalue weighted by Crippen LogP contribution is -2.32. The van der Waals surface area contributed by atoms with Gasteiger partial charge in [-0.15, -0.1) is 0 Å². The van der Waals surface area contributed by atoms with E-state index in [1.54, 1.807) is 6.33 Å². The SMILES string of the molecule is CCC(C)Nc1ncnc(N2CCc3ccccc3C2)c1N. The molecule has 0 radical (unpaired) electrons. The lowest BCUT2D eigenvalue weighted by molar-refractivity contribution is 0.719. The molecule has 22 heavy (non-hydrogen) atoms. The fourth-order valence-electron chi connectivity index (χ4n) is 2.77. The van der Waals surface area contributed by atoms with E-state index < -0.39 is 0 Å². The van der Waals surface area contributed by atoms with E-state index in [-0.39, 0.29) is 0 Å². The zero-order valence-corrected chi connectivity index (χ0v) is 13.2. The van der Waals surface area contributed by atoms with Crippen molar-refractivity contribution in [1.29, 1.82) is 0 Å². The number of nitrogens with one attached hydrogen (secondary N) is 1. The minimum absolute atomic E-state index is 0.340. The van der Waals surface area contributed by atoms with Crippen LogP contribution in [0.4, 0.5) is 17.3 Å². The number of hydrogen-bond donors (Lipinski definition) is 2. The smallest absolute Gasteiger partial charge is 0.157 e. The number of aromatic nitrogens is 2. The number of fused-ring (bicyclic) bond motifs is 1. The Morgan fingerprint density at radius 1 is 1.27 bits per heavy atom. The van der Waals surface area contributed by atoms with Gasteiger partial charge in [0.1, 0.15) is 12.0 Å². The molecule has 0 aliphatic carbocycles. The number of nitrogens with zero attached hydrogens (tertiary/aromatic N) is 3. The summed E-state index contributed by atoms with van der Waals surface area (Å²) in [6.07, 6.45) is 3.64. The zero-order chi connectivity index (χ0) is 15.5. The number of nitrogen functional groups attached to an aromatic ring is 1. The second-order valence-electron chi connectivity index (χ2n) is 5.85. The van der Waals surface area contributed by atoms with Crippen molar-refractivity contribution < 1.29 is 0 Å². The Hall–Kier alpha value is -2.30. The van der Waals surface area contributed by atoms with E-state index in [4.69, 9.17) is 5.73 Å². The summed E-state index contributed by atoms with van der Waals surface area (Å²) in [6.45, 7) is 6.04. The van der Waals surface area contributed by atoms with Crippen molar-refractivity contribution in [1.82, 2.24) is 9.97 Å². The predicted molar refractivity (Wildman–Crippen MR) is 91.0 cm³/mol. The fourth-order valence-corrected chi connectivity index (χ4v) is 2.77. The van der Waals surface area contributed by atoms with Crippen LogP contribution in [-0.4, -0.2) is 22.6 Å². The summed E-state index contributed by atoms with van der Waals surface area (Å²) < 4.78 is 0. The van der Waals surface area contributed by atoms with Crippen LogP contribution in [0.1, 0.15) is 31.4 Å². The molecule has 1 aromatic heterocycles. The average Bonchev–Trinajstić information content (AvgIpc) is 2.56. The van der Waals surface area contributed by atoms with Gasteiger partial charge in [0.15, 0.2) is 11.6 Å². The number of anilines is 3. The average molecular weight is 297 g/mol. The zero-order valence-electron chi connectivity index (χ0n) is 13.2. The van der Waals surface area contributed by atoms with Gasteiger partial charge >= 0.3 is 0 Å². The molecule has 1 aliphatic heterocycles. The van der Waals surface area contributed by atoms with E-state index in [0.29, 0.717) is 11.7 Å². The maximum absolute atomic E-state index is 6.31. The van der Waals surface area contributed by atoms with Crippen LogP contribution in [-0.2, 0) is 13.0 Å². The van der Waals surface area contributed by atoms with Gasteiger partial charge in [-0.2, -0.15) is 0 Å². The van der Waals surface area contributed by atoms with Crippen LogP contribution >= 0.6 is 0 Å². The number of hydrogen-bond acceptors (Lipinski definition) is 5. The standard InChI is InChI=1S/C17H23N5/c1-3-12(2)21-16-15(18)17(20-11-19-16)22-9-8-13-6-4-5-7-14(13)10-22/h4-7,11-12H,3,8-10,18H2,1-2H3,(H,19,20,21). The van der Waals surface area contributed by atoms with Crippen LogP contribution in [0.2, 0.25) is 0 Å². The van der Waals surface area contributed by atoms with Crippen LogP contribution in [0.15, 0.2) is 30.6 Å². The van der Waals surface area contributed by atoms with Gasteiger partial charge in [-0.3, -0.25) is 0 Å². The minimum atomic E-state index is 0.340. The number of benzene rings is 1. The molecule has 0 fully saturated rings. The molecule has 0 bridgehead atoms. The molecule has 3 N–H and O–H groups in total. The molecule has 1 atom stereocenters. The van der Waals surface area contributed by atoms with Crippen molar-refractivity contribution >= 4 is 17.3 Å². The highest BCUT2D eigenvalue weighted by atomic mass is 15.2. The van der Waals surface area contributed by atoms with E-state index in [2.05, 4.69) is 58.3 Å². The van der Waals surface area contributed by atoms with Crippen LogP contribution in [0, 0.1) is 0 Å². The fraction of sp³-hybridized carbons (Fsp3) is 0.412. The van der Waals surface area contributed by atoms with Crippen LogP contribution in [0.5, 0.6) is 0 Å². The van der Waals surface area contributed by atoms with E-state index in [1.165, 1.54) is 11.1 Å². The molecule has 2 aromatic rings. The normalized spacial score (nSPS) is 15.3. The molecular formula is C17H23N5. The van der Waals surface area contributed by atoms with E-state index >= 15 is 0 Å². The molecule has 0 amide bonds. The monoisotopic (exact) mass is 297 g/mol. The predicted octanol–water partition coefficient (Wildman–Crippen LogP) is 2.83. The third-order valence-corrected chi connectivity index (χ3v) is 4.29. The molecule has 0 spiro atoms. The Balaban J connectivity index is 1.85. The van der Waals surface area contributed by atoms with Crippen LogP contribution in [0.25, 0.3) is 0 Å².